The third-order valence-electron chi connectivity index (χ3n) is 4.63. The van der Waals surface area contributed by atoms with Crippen LogP contribution in [0, 0.1) is 0 Å². The predicted molar refractivity (Wildman–Crippen MR) is 89.2 cm³/mol. The number of carbonyl (C=O) groups excluding carboxylic acids is 1. The molecule has 0 aliphatic heterocycles. The number of nitrogens with zero attached hydrogens (tertiary/aromatic N) is 4. The molecule has 2 N–H and O–H groups in total. The predicted octanol–water partition coefficient (Wildman–Crippen LogP) is 2.13. The lowest BCUT2D eigenvalue weighted by Crippen LogP contribution is -2.31. The van der Waals surface area contributed by atoms with Crippen molar-refractivity contribution in [2.45, 2.75) is 44.7 Å². The van der Waals surface area contributed by atoms with Crippen LogP contribution in [0.3, 0.4) is 0 Å². The van der Waals surface area contributed by atoms with Crippen LogP contribution in [-0.4, -0.2) is 31.1 Å². The van der Waals surface area contributed by atoms with E-state index in [1.165, 1.54) is 16.6 Å². The second-order valence-electron chi connectivity index (χ2n) is 6.25. The first-order valence-corrected chi connectivity index (χ1v) is 8.41. The van der Waals surface area contributed by atoms with Gasteiger partial charge in [0.2, 0.25) is 5.91 Å². The number of aromatic nitrogens is 5. The van der Waals surface area contributed by atoms with E-state index in [0.717, 1.165) is 31.2 Å². The number of amides is 1. The van der Waals surface area contributed by atoms with E-state index in [4.69, 9.17) is 0 Å². The van der Waals surface area contributed by atoms with Gasteiger partial charge in [0.1, 0.15) is 6.33 Å². The first-order chi connectivity index (χ1) is 11.8. The normalized spacial score (nSPS) is 16.9. The highest BCUT2D eigenvalue weighted by Gasteiger charge is 2.25. The van der Waals surface area contributed by atoms with E-state index in [-0.39, 0.29) is 11.9 Å². The van der Waals surface area contributed by atoms with Gasteiger partial charge in [-0.25, -0.2) is 4.68 Å². The molecule has 0 saturated heterocycles. The number of H-pyrrole nitrogens is 1. The third-order valence-corrected chi connectivity index (χ3v) is 4.63. The number of nitrogens with one attached hydrogen (secondary N) is 2. The summed E-state index contributed by atoms with van der Waals surface area (Å²) in [5.41, 5.74) is 3.69. The average molecular weight is 324 g/mol. The van der Waals surface area contributed by atoms with Gasteiger partial charge in [-0.1, -0.05) is 18.2 Å². The summed E-state index contributed by atoms with van der Waals surface area (Å²) in [7, 11) is 0. The van der Waals surface area contributed by atoms with Crippen LogP contribution >= 0.6 is 0 Å². The maximum atomic E-state index is 12.3. The summed E-state index contributed by atoms with van der Waals surface area (Å²) in [4.78, 5) is 15.8. The highest BCUT2D eigenvalue weighted by atomic mass is 16.1. The van der Waals surface area contributed by atoms with E-state index in [1.807, 2.05) is 6.07 Å². The zero-order valence-corrected chi connectivity index (χ0v) is 13.4. The zero-order valence-electron chi connectivity index (χ0n) is 13.4. The Morgan fingerprint density at radius 1 is 1.38 bits per heavy atom. The Hall–Kier alpha value is -2.70. The Morgan fingerprint density at radius 2 is 2.29 bits per heavy atom. The van der Waals surface area contributed by atoms with E-state index in [1.54, 1.807) is 11.0 Å². The first-order valence-electron chi connectivity index (χ1n) is 8.41. The van der Waals surface area contributed by atoms with E-state index in [9.17, 15) is 4.79 Å². The molecule has 1 atom stereocenters. The zero-order chi connectivity index (χ0) is 16.4. The summed E-state index contributed by atoms with van der Waals surface area (Å²) in [6, 6.07) is 8.44. The molecule has 7 nitrogen and oxygen atoms in total. The summed E-state index contributed by atoms with van der Waals surface area (Å²) in [6.07, 6.45) is 5.93. The number of aromatic amines is 1. The van der Waals surface area contributed by atoms with Crippen LogP contribution in [0.5, 0.6) is 0 Å². The Bertz CT molecular complexity index is 838. The smallest absolute Gasteiger partial charge is 0.220 e. The summed E-state index contributed by atoms with van der Waals surface area (Å²) >= 11 is 0. The number of fused-ring (bicyclic) bond motifs is 3. The standard InChI is InChI=1S/C17H20N6O/c24-16(9-4-10-23-11-18-21-22-23)19-15-8-3-6-13-12-5-1-2-7-14(12)20-17(13)15/h1-2,5,7,11,15,20H,3-4,6,8-10H2,(H,19,24). The Kier molecular flexibility index (Phi) is 3.98. The topological polar surface area (TPSA) is 88.5 Å². The molecule has 1 aliphatic carbocycles. The third kappa shape index (κ3) is 2.89. The number of rotatable bonds is 5. The molecule has 7 heteroatoms. The van der Waals surface area contributed by atoms with Crippen molar-refractivity contribution in [1.29, 1.82) is 0 Å². The van der Waals surface area contributed by atoms with Crippen molar-refractivity contribution in [2.24, 2.45) is 0 Å². The Balaban J connectivity index is 1.41. The number of carbonyl (C=O) groups is 1. The molecule has 24 heavy (non-hydrogen) atoms. The van der Waals surface area contributed by atoms with E-state index in [2.05, 4.69) is 44.0 Å². The van der Waals surface area contributed by atoms with Crippen LogP contribution in [0.1, 0.15) is 43.0 Å². The van der Waals surface area contributed by atoms with Crippen molar-refractivity contribution in [3.8, 4) is 0 Å². The molecule has 4 rings (SSSR count). The van der Waals surface area contributed by atoms with Gasteiger partial charge in [0.25, 0.3) is 0 Å². The van der Waals surface area contributed by atoms with Gasteiger partial charge in [0.05, 0.1) is 6.04 Å². The monoisotopic (exact) mass is 324 g/mol. The van der Waals surface area contributed by atoms with Crippen LogP contribution < -0.4 is 5.32 Å². The van der Waals surface area contributed by atoms with Gasteiger partial charge in [-0.2, -0.15) is 0 Å². The fraction of sp³-hybridized carbons (Fsp3) is 0.412. The molecule has 1 amide bonds. The van der Waals surface area contributed by atoms with Crippen molar-refractivity contribution >= 4 is 16.8 Å². The van der Waals surface area contributed by atoms with Gasteiger partial charge < -0.3 is 10.3 Å². The second-order valence-corrected chi connectivity index (χ2v) is 6.25. The van der Waals surface area contributed by atoms with Gasteiger partial charge in [-0.3, -0.25) is 4.79 Å². The Morgan fingerprint density at radius 3 is 3.17 bits per heavy atom. The van der Waals surface area contributed by atoms with Crippen molar-refractivity contribution in [1.82, 2.24) is 30.5 Å². The van der Waals surface area contributed by atoms with Crippen LogP contribution in [0.2, 0.25) is 0 Å². The van der Waals surface area contributed by atoms with Crippen LogP contribution in [0.4, 0.5) is 0 Å². The highest BCUT2D eigenvalue weighted by molar-refractivity contribution is 5.85. The number of benzene rings is 1. The maximum Gasteiger partial charge on any atom is 0.220 e. The molecule has 0 radical (unpaired) electrons. The fourth-order valence-electron chi connectivity index (χ4n) is 3.51. The van der Waals surface area contributed by atoms with Gasteiger partial charge in [0.15, 0.2) is 0 Å². The maximum absolute atomic E-state index is 12.3. The molecule has 124 valence electrons. The molecule has 1 aromatic carbocycles. The lowest BCUT2D eigenvalue weighted by Gasteiger charge is -2.23. The highest BCUT2D eigenvalue weighted by Crippen LogP contribution is 2.34. The van der Waals surface area contributed by atoms with Crippen molar-refractivity contribution in [3.63, 3.8) is 0 Å². The number of para-hydroxylation sites is 1. The minimum absolute atomic E-state index is 0.0829. The van der Waals surface area contributed by atoms with Crippen molar-refractivity contribution in [2.75, 3.05) is 0 Å². The van der Waals surface area contributed by atoms with Crippen LogP contribution in [0.25, 0.3) is 10.9 Å². The molecule has 1 unspecified atom stereocenters. The van der Waals surface area contributed by atoms with Gasteiger partial charge in [-0.05, 0) is 47.7 Å². The van der Waals surface area contributed by atoms with Crippen molar-refractivity contribution in [3.05, 3.63) is 41.9 Å². The molecular weight excluding hydrogens is 304 g/mol. The number of hydrogen-bond donors (Lipinski definition) is 2. The van der Waals surface area contributed by atoms with E-state index < -0.39 is 0 Å². The summed E-state index contributed by atoms with van der Waals surface area (Å²) in [5.74, 6) is 0.0829. The average Bonchev–Trinajstić information content (AvgIpc) is 3.23. The molecule has 2 heterocycles. The van der Waals surface area contributed by atoms with E-state index >= 15 is 0 Å². The molecule has 3 aromatic rings. The molecular formula is C17H20N6O. The number of aryl methyl sites for hydroxylation is 2. The molecule has 0 bridgehead atoms. The second kappa shape index (κ2) is 6.43. The molecule has 0 saturated carbocycles. The van der Waals surface area contributed by atoms with Gasteiger partial charge in [-0.15, -0.1) is 5.10 Å². The fourth-order valence-corrected chi connectivity index (χ4v) is 3.51. The quantitative estimate of drug-likeness (QED) is 0.752. The molecule has 2 aromatic heterocycles. The van der Waals surface area contributed by atoms with Crippen molar-refractivity contribution < 1.29 is 4.79 Å². The summed E-state index contributed by atoms with van der Waals surface area (Å²) in [6.45, 7) is 0.655. The van der Waals surface area contributed by atoms with Gasteiger partial charge >= 0.3 is 0 Å². The summed E-state index contributed by atoms with van der Waals surface area (Å²) < 4.78 is 1.64. The number of tetrazole rings is 1. The largest absolute Gasteiger partial charge is 0.356 e. The lowest BCUT2D eigenvalue weighted by molar-refractivity contribution is -0.122. The van der Waals surface area contributed by atoms with Crippen LogP contribution in [-0.2, 0) is 17.8 Å². The SMILES string of the molecule is O=C(CCCn1cnnn1)NC1CCCc2c1[nH]c1ccccc21. The van der Waals surface area contributed by atoms with Gasteiger partial charge in [0, 0.05) is 29.6 Å². The minimum Gasteiger partial charge on any atom is -0.356 e. The van der Waals surface area contributed by atoms with Crippen LogP contribution in [0.15, 0.2) is 30.6 Å². The van der Waals surface area contributed by atoms with E-state index in [0.29, 0.717) is 13.0 Å². The lowest BCUT2D eigenvalue weighted by atomic mass is 9.91. The molecule has 0 fully saturated rings. The molecule has 0 spiro atoms. The number of hydrogen-bond acceptors (Lipinski definition) is 4. The molecule has 1 aliphatic rings. The Labute approximate surface area is 139 Å². The first kappa shape index (κ1) is 14.9. The minimum atomic E-state index is 0.0829. The summed E-state index contributed by atoms with van der Waals surface area (Å²) in [5, 5.41) is 15.4.